The van der Waals surface area contributed by atoms with Crippen LogP contribution in [0.25, 0.3) is 0 Å². The number of ether oxygens (including phenoxy) is 1. The molecule has 0 bridgehead atoms. The Bertz CT molecular complexity index is 476. The van der Waals surface area contributed by atoms with E-state index in [2.05, 4.69) is 0 Å². The smallest absolute Gasteiger partial charge is 0.335 e. The fourth-order valence-corrected chi connectivity index (χ4v) is 2.43. The van der Waals surface area contributed by atoms with Gasteiger partial charge in [0.1, 0.15) is 11.1 Å². The second kappa shape index (κ2) is 7.13. The predicted molar refractivity (Wildman–Crippen MR) is 69.9 cm³/mol. The Hall–Kier alpha value is -1.56. The first-order valence-corrected chi connectivity index (χ1v) is 6.73. The van der Waals surface area contributed by atoms with Gasteiger partial charge in [0.2, 0.25) is 0 Å². The van der Waals surface area contributed by atoms with Crippen molar-refractivity contribution in [1.82, 2.24) is 0 Å². The molecule has 1 aromatic carbocycles. The first kappa shape index (κ1) is 15.5. The van der Waals surface area contributed by atoms with Crippen molar-refractivity contribution in [3.8, 4) is 0 Å². The predicted octanol–water partition coefficient (Wildman–Crippen LogP) is 2.96. The Labute approximate surface area is 115 Å². The summed E-state index contributed by atoms with van der Waals surface area (Å²) in [6.07, 6.45) is 0.472. The van der Waals surface area contributed by atoms with Crippen LogP contribution in [0.3, 0.4) is 0 Å². The Morgan fingerprint density at radius 3 is 2.63 bits per heavy atom. The van der Waals surface area contributed by atoms with E-state index in [1.165, 1.54) is 12.1 Å². The number of thioether (sulfide) groups is 1. The number of rotatable bonds is 6. The fraction of sp³-hybridized carbons (Fsp3) is 0.385. The van der Waals surface area contributed by atoms with Gasteiger partial charge in [-0.15, -0.1) is 11.8 Å². The van der Waals surface area contributed by atoms with Crippen LogP contribution in [0.4, 0.5) is 4.39 Å². The van der Waals surface area contributed by atoms with Crippen LogP contribution in [0.1, 0.15) is 30.6 Å². The van der Waals surface area contributed by atoms with Crippen LogP contribution < -0.4 is 0 Å². The molecule has 0 saturated heterocycles. The first-order chi connectivity index (χ1) is 8.99. The van der Waals surface area contributed by atoms with Crippen molar-refractivity contribution >= 4 is 23.7 Å². The van der Waals surface area contributed by atoms with Crippen LogP contribution in [0.2, 0.25) is 0 Å². The minimum absolute atomic E-state index is 0.0115. The number of carbonyl (C=O) groups excluding carboxylic acids is 1. The summed E-state index contributed by atoms with van der Waals surface area (Å²) in [5, 5.41) is 8.32. The molecule has 1 aromatic rings. The van der Waals surface area contributed by atoms with Crippen molar-refractivity contribution in [2.24, 2.45) is 0 Å². The minimum Gasteiger partial charge on any atom is -0.478 e. The zero-order valence-electron chi connectivity index (χ0n) is 10.7. The Morgan fingerprint density at radius 2 is 2.11 bits per heavy atom. The molecule has 0 aliphatic heterocycles. The van der Waals surface area contributed by atoms with Gasteiger partial charge in [0.15, 0.2) is 0 Å². The summed E-state index contributed by atoms with van der Waals surface area (Å²) < 4.78 is 18.5. The van der Waals surface area contributed by atoms with Crippen LogP contribution in [-0.4, -0.2) is 28.9 Å². The quantitative estimate of drug-likeness (QED) is 0.643. The van der Waals surface area contributed by atoms with E-state index in [4.69, 9.17) is 9.84 Å². The average Bonchev–Trinajstić information content (AvgIpc) is 2.37. The molecule has 6 heteroatoms. The molecule has 0 saturated carbocycles. The number of carboxylic acids is 1. The lowest BCUT2D eigenvalue weighted by Gasteiger charge is -2.13. The molecule has 0 radical (unpaired) electrons. The summed E-state index contributed by atoms with van der Waals surface area (Å²) in [4.78, 5) is 22.6. The van der Waals surface area contributed by atoms with Gasteiger partial charge in [-0.2, -0.15) is 0 Å². The van der Waals surface area contributed by atoms with Gasteiger partial charge >= 0.3 is 11.9 Å². The van der Waals surface area contributed by atoms with Crippen LogP contribution in [0.15, 0.2) is 23.1 Å². The molecule has 1 unspecified atom stereocenters. The Morgan fingerprint density at radius 1 is 1.42 bits per heavy atom. The number of halogens is 1. The third-order valence-electron chi connectivity index (χ3n) is 2.37. The third-order valence-corrected chi connectivity index (χ3v) is 3.74. The van der Waals surface area contributed by atoms with Crippen molar-refractivity contribution in [3.63, 3.8) is 0 Å². The maximum Gasteiger partial charge on any atom is 0.335 e. The lowest BCUT2D eigenvalue weighted by atomic mass is 10.2. The molecular formula is C13H15FO4S. The number of esters is 1. The van der Waals surface area contributed by atoms with Crippen LogP contribution in [0.5, 0.6) is 0 Å². The Balaban J connectivity index is 2.93. The van der Waals surface area contributed by atoms with Crippen molar-refractivity contribution < 1.29 is 23.8 Å². The minimum atomic E-state index is -1.13. The summed E-state index contributed by atoms with van der Waals surface area (Å²) in [6, 6.07) is 3.50. The highest BCUT2D eigenvalue weighted by atomic mass is 32.2. The molecule has 4 nitrogen and oxygen atoms in total. The van der Waals surface area contributed by atoms with E-state index in [1.807, 2.05) is 0 Å². The van der Waals surface area contributed by atoms with Crippen molar-refractivity contribution in [2.75, 3.05) is 6.61 Å². The highest BCUT2D eigenvalue weighted by Gasteiger charge is 2.21. The summed E-state index contributed by atoms with van der Waals surface area (Å²) in [5.74, 6) is -2.10. The van der Waals surface area contributed by atoms with E-state index < -0.39 is 23.0 Å². The van der Waals surface area contributed by atoms with E-state index in [-0.39, 0.29) is 17.1 Å². The van der Waals surface area contributed by atoms with Gasteiger partial charge in [-0.1, -0.05) is 6.92 Å². The van der Waals surface area contributed by atoms with E-state index in [0.29, 0.717) is 6.42 Å². The number of carbonyl (C=O) groups is 2. The number of carboxylic acid groups (broad SMARTS) is 1. The molecule has 19 heavy (non-hydrogen) atoms. The number of benzene rings is 1. The molecule has 0 fully saturated rings. The lowest BCUT2D eigenvalue weighted by molar-refractivity contribution is -0.142. The van der Waals surface area contributed by atoms with Crippen LogP contribution in [0, 0.1) is 5.82 Å². The zero-order valence-corrected chi connectivity index (χ0v) is 11.5. The summed E-state index contributed by atoms with van der Waals surface area (Å²) >= 11 is 0.982. The highest BCUT2D eigenvalue weighted by molar-refractivity contribution is 8.00. The molecule has 104 valence electrons. The van der Waals surface area contributed by atoms with Crippen LogP contribution in [-0.2, 0) is 9.53 Å². The maximum atomic E-state index is 13.6. The van der Waals surface area contributed by atoms with Gasteiger partial charge < -0.3 is 9.84 Å². The van der Waals surface area contributed by atoms with E-state index in [0.717, 1.165) is 17.8 Å². The second-order valence-electron chi connectivity index (χ2n) is 3.72. The molecule has 0 heterocycles. The summed E-state index contributed by atoms with van der Waals surface area (Å²) in [5.41, 5.74) is -0.0115. The second-order valence-corrected chi connectivity index (χ2v) is 4.96. The van der Waals surface area contributed by atoms with Gasteiger partial charge in [0.25, 0.3) is 0 Å². The van der Waals surface area contributed by atoms with Gasteiger partial charge in [-0.05, 0) is 31.5 Å². The molecule has 0 amide bonds. The molecule has 0 aliphatic carbocycles. The monoisotopic (exact) mass is 286 g/mol. The van der Waals surface area contributed by atoms with Gasteiger partial charge in [0.05, 0.1) is 12.2 Å². The molecule has 0 spiro atoms. The number of hydrogen-bond acceptors (Lipinski definition) is 4. The average molecular weight is 286 g/mol. The normalized spacial score (nSPS) is 11.9. The van der Waals surface area contributed by atoms with Crippen molar-refractivity contribution in [3.05, 3.63) is 29.6 Å². The molecule has 1 atom stereocenters. The highest BCUT2D eigenvalue weighted by Crippen LogP contribution is 2.29. The van der Waals surface area contributed by atoms with E-state index in [9.17, 15) is 14.0 Å². The van der Waals surface area contributed by atoms with Gasteiger partial charge in [-0.3, -0.25) is 4.79 Å². The number of aromatic carboxylic acids is 1. The van der Waals surface area contributed by atoms with Crippen molar-refractivity contribution in [1.29, 1.82) is 0 Å². The van der Waals surface area contributed by atoms with Crippen molar-refractivity contribution in [2.45, 2.75) is 30.4 Å². The molecule has 1 rings (SSSR count). The molecule has 1 N–H and O–H groups in total. The Kier molecular flexibility index (Phi) is 5.82. The molecule has 0 aliphatic rings. The lowest BCUT2D eigenvalue weighted by Crippen LogP contribution is -2.19. The third kappa shape index (κ3) is 4.24. The topological polar surface area (TPSA) is 63.6 Å². The van der Waals surface area contributed by atoms with Gasteiger partial charge in [0, 0.05) is 4.90 Å². The molecule has 0 aromatic heterocycles. The maximum absolute atomic E-state index is 13.6. The van der Waals surface area contributed by atoms with E-state index >= 15 is 0 Å². The van der Waals surface area contributed by atoms with E-state index in [1.54, 1.807) is 13.8 Å². The molecular weight excluding hydrogens is 271 g/mol. The standard InChI is InChI=1S/C13H15FO4S/c1-3-10(13(17)18-4-2)19-11-7-8(12(15)16)5-6-9(11)14/h5-7,10H,3-4H2,1-2H3,(H,15,16). The SMILES string of the molecule is CCOC(=O)C(CC)Sc1cc(C(=O)O)ccc1F. The fourth-order valence-electron chi connectivity index (χ4n) is 1.41. The first-order valence-electron chi connectivity index (χ1n) is 5.85. The zero-order chi connectivity index (χ0) is 14.4. The largest absolute Gasteiger partial charge is 0.478 e. The van der Waals surface area contributed by atoms with Gasteiger partial charge in [-0.25, -0.2) is 9.18 Å². The number of hydrogen-bond donors (Lipinski definition) is 1. The summed E-state index contributed by atoms with van der Waals surface area (Å²) in [7, 11) is 0. The van der Waals surface area contributed by atoms with Crippen LogP contribution >= 0.6 is 11.8 Å². The summed E-state index contributed by atoms with van der Waals surface area (Å²) in [6.45, 7) is 3.74.